The number of likely N-dealkylation sites (tertiary alicyclic amines) is 1. The first-order valence-electron chi connectivity index (χ1n) is 11.8. The zero-order valence-electron chi connectivity index (χ0n) is 20.7. The first-order chi connectivity index (χ1) is 16.6. The van der Waals surface area contributed by atoms with E-state index < -0.39 is 17.7 Å². The first kappa shape index (κ1) is 24.6. The van der Waals surface area contributed by atoms with Gasteiger partial charge in [0, 0.05) is 25.0 Å². The van der Waals surface area contributed by atoms with Crippen molar-refractivity contribution in [2.24, 2.45) is 0 Å². The molecule has 0 bridgehead atoms. The second kappa shape index (κ2) is 9.60. The summed E-state index contributed by atoms with van der Waals surface area (Å²) in [5.74, 6) is -0.464. The summed E-state index contributed by atoms with van der Waals surface area (Å²) in [5, 5.41) is 0. The number of fused-ring (bicyclic) bond motifs is 2. The Labute approximate surface area is 205 Å². The molecule has 4 rings (SSSR count). The van der Waals surface area contributed by atoms with Gasteiger partial charge in [-0.25, -0.2) is 14.4 Å². The van der Waals surface area contributed by atoms with Crippen LogP contribution in [0.2, 0.25) is 0 Å². The van der Waals surface area contributed by atoms with Crippen molar-refractivity contribution in [1.82, 2.24) is 4.90 Å². The second-order valence-electron chi connectivity index (χ2n) is 10.1. The zero-order chi connectivity index (χ0) is 25.2. The predicted octanol–water partition coefficient (Wildman–Crippen LogP) is 4.90. The quantitative estimate of drug-likeness (QED) is 0.459. The maximum Gasteiger partial charge on any atom is 0.414 e. The van der Waals surface area contributed by atoms with Gasteiger partial charge in [-0.2, -0.15) is 0 Å². The van der Waals surface area contributed by atoms with Gasteiger partial charge in [-0.3, -0.25) is 4.90 Å². The minimum atomic E-state index is -0.654. The van der Waals surface area contributed by atoms with E-state index in [1.165, 1.54) is 7.11 Å². The van der Waals surface area contributed by atoms with E-state index in [1.54, 1.807) is 21.9 Å². The molecular formula is C27H32N2O6. The van der Waals surface area contributed by atoms with Crippen molar-refractivity contribution in [1.29, 1.82) is 0 Å². The molecule has 0 aliphatic carbocycles. The van der Waals surface area contributed by atoms with Crippen LogP contribution in [0.5, 0.6) is 0 Å². The topological polar surface area (TPSA) is 85.4 Å². The Bertz CT molecular complexity index is 1100. The standard InChI is InChI=1S/C27H32N2O6/c1-26(2,3)35-25(32)29-18-27(21-11-10-20(16-22(21)29)23(30)33-4)12-14-28(15-13-27)24(31)34-17-19-8-6-5-7-9-19/h5-11,16H,12-15,17-18H2,1-4H3. The van der Waals surface area contributed by atoms with Crippen LogP contribution in [0.15, 0.2) is 48.5 Å². The molecule has 186 valence electrons. The van der Waals surface area contributed by atoms with E-state index in [1.807, 2.05) is 57.2 Å². The highest BCUT2D eigenvalue weighted by Crippen LogP contribution is 2.48. The lowest BCUT2D eigenvalue weighted by Gasteiger charge is -2.39. The largest absolute Gasteiger partial charge is 0.465 e. The zero-order valence-corrected chi connectivity index (χ0v) is 20.7. The molecule has 1 spiro atoms. The van der Waals surface area contributed by atoms with Crippen molar-refractivity contribution in [2.45, 2.75) is 51.2 Å². The van der Waals surface area contributed by atoms with Crippen LogP contribution in [0.4, 0.5) is 15.3 Å². The van der Waals surface area contributed by atoms with Crippen LogP contribution in [0.1, 0.15) is 55.1 Å². The highest BCUT2D eigenvalue weighted by Gasteiger charge is 2.48. The van der Waals surface area contributed by atoms with Crippen LogP contribution in [-0.4, -0.2) is 55.4 Å². The summed E-state index contributed by atoms with van der Waals surface area (Å²) in [4.78, 5) is 41.2. The van der Waals surface area contributed by atoms with E-state index in [0.717, 1.165) is 11.1 Å². The molecule has 2 aliphatic rings. The highest BCUT2D eigenvalue weighted by atomic mass is 16.6. The Kier molecular flexibility index (Phi) is 6.74. The number of ether oxygens (including phenoxy) is 3. The van der Waals surface area contributed by atoms with Crippen molar-refractivity contribution < 1.29 is 28.6 Å². The van der Waals surface area contributed by atoms with Crippen LogP contribution in [-0.2, 0) is 26.2 Å². The fraction of sp³-hybridized carbons (Fsp3) is 0.444. The SMILES string of the molecule is COC(=O)c1ccc2c(c1)N(C(=O)OC(C)(C)C)CC21CCN(C(=O)OCc2ccccc2)CC1. The van der Waals surface area contributed by atoms with Crippen LogP contribution in [0, 0.1) is 0 Å². The van der Waals surface area contributed by atoms with Crippen molar-refractivity contribution in [3.8, 4) is 0 Å². The van der Waals surface area contributed by atoms with Gasteiger partial charge >= 0.3 is 18.2 Å². The average Bonchev–Trinajstić information content (AvgIpc) is 3.15. The lowest BCUT2D eigenvalue weighted by Crippen LogP contribution is -2.48. The summed E-state index contributed by atoms with van der Waals surface area (Å²) in [6, 6.07) is 14.9. The summed E-state index contributed by atoms with van der Waals surface area (Å²) in [6.45, 7) is 7.13. The van der Waals surface area contributed by atoms with Crippen LogP contribution in [0.3, 0.4) is 0 Å². The van der Waals surface area contributed by atoms with E-state index in [9.17, 15) is 14.4 Å². The summed E-state index contributed by atoms with van der Waals surface area (Å²) in [7, 11) is 1.33. The van der Waals surface area contributed by atoms with Crippen LogP contribution >= 0.6 is 0 Å². The number of benzene rings is 2. The van der Waals surface area contributed by atoms with Gasteiger partial charge in [-0.1, -0.05) is 36.4 Å². The lowest BCUT2D eigenvalue weighted by molar-refractivity contribution is 0.0559. The summed E-state index contributed by atoms with van der Waals surface area (Å²) in [5.41, 5.74) is 1.96. The van der Waals surface area contributed by atoms with Crippen molar-refractivity contribution in [3.63, 3.8) is 0 Å². The molecule has 2 heterocycles. The molecule has 0 N–H and O–H groups in total. The summed E-state index contributed by atoms with van der Waals surface area (Å²) < 4.78 is 16.0. The van der Waals surface area contributed by atoms with Gasteiger partial charge in [0.15, 0.2) is 0 Å². The molecule has 0 aromatic heterocycles. The number of anilines is 1. The maximum absolute atomic E-state index is 13.1. The Balaban J connectivity index is 1.51. The van der Waals surface area contributed by atoms with Gasteiger partial charge in [-0.05, 0) is 56.9 Å². The van der Waals surface area contributed by atoms with E-state index in [-0.39, 0.29) is 18.1 Å². The number of hydrogen-bond acceptors (Lipinski definition) is 6. The van der Waals surface area contributed by atoms with Gasteiger partial charge in [0.05, 0.1) is 18.4 Å². The third-order valence-corrected chi connectivity index (χ3v) is 6.54. The fourth-order valence-electron chi connectivity index (χ4n) is 4.76. The monoisotopic (exact) mass is 480 g/mol. The number of methoxy groups -OCH3 is 1. The smallest absolute Gasteiger partial charge is 0.414 e. The maximum atomic E-state index is 13.1. The molecule has 2 aliphatic heterocycles. The Morgan fingerprint density at radius 2 is 1.66 bits per heavy atom. The number of rotatable bonds is 3. The number of carbonyl (C=O) groups is 3. The molecule has 0 saturated carbocycles. The minimum Gasteiger partial charge on any atom is -0.465 e. The Morgan fingerprint density at radius 3 is 2.29 bits per heavy atom. The van der Waals surface area contributed by atoms with Crippen molar-refractivity contribution in [3.05, 3.63) is 65.2 Å². The number of esters is 1. The van der Waals surface area contributed by atoms with E-state index in [4.69, 9.17) is 14.2 Å². The molecule has 8 nitrogen and oxygen atoms in total. The molecule has 2 amide bonds. The van der Waals surface area contributed by atoms with Crippen LogP contribution in [0.25, 0.3) is 0 Å². The van der Waals surface area contributed by atoms with Crippen LogP contribution < -0.4 is 4.90 Å². The molecule has 1 saturated heterocycles. The molecule has 0 unspecified atom stereocenters. The Hall–Kier alpha value is -3.55. The normalized spacial score (nSPS) is 16.6. The third kappa shape index (κ3) is 5.26. The molecule has 0 atom stereocenters. The van der Waals surface area contributed by atoms with Gasteiger partial charge in [0.1, 0.15) is 12.2 Å². The first-order valence-corrected chi connectivity index (χ1v) is 11.8. The van der Waals surface area contributed by atoms with Gasteiger partial charge < -0.3 is 19.1 Å². The number of amides is 2. The van der Waals surface area contributed by atoms with Gasteiger partial charge in [0.2, 0.25) is 0 Å². The molecular weight excluding hydrogens is 448 g/mol. The van der Waals surface area contributed by atoms with Crippen molar-refractivity contribution >= 4 is 23.8 Å². The van der Waals surface area contributed by atoms with E-state index in [2.05, 4.69) is 0 Å². The minimum absolute atomic E-state index is 0.229. The summed E-state index contributed by atoms with van der Waals surface area (Å²) in [6.07, 6.45) is 0.531. The average molecular weight is 481 g/mol. The Morgan fingerprint density at radius 1 is 0.971 bits per heavy atom. The highest BCUT2D eigenvalue weighted by molar-refractivity contribution is 5.96. The van der Waals surface area contributed by atoms with E-state index in [0.29, 0.717) is 43.7 Å². The molecule has 0 radical (unpaired) electrons. The number of nitrogens with zero attached hydrogens (tertiary/aromatic N) is 2. The van der Waals surface area contributed by atoms with Gasteiger partial charge in [0.25, 0.3) is 0 Å². The molecule has 1 fully saturated rings. The number of hydrogen-bond donors (Lipinski definition) is 0. The molecule has 35 heavy (non-hydrogen) atoms. The van der Waals surface area contributed by atoms with E-state index >= 15 is 0 Å². The molecule has 2 aromatic carbocycles. The molecule has 2 aromatic rings. The predicted molar refractivity (Wildman–Crippen MR) is 130 cm³/mol. The third-order valence-electron chi connectivity index (χ3n) is 6.54. The number of piperidine rings is 1. The number of carbonyl (C=O) groups excluding carboxylic acids is 3. The molecule has 8 heteroatoms. The fourth-order valence-corrected chi connectivity index (χ4v) is 4.76. The lowest BCUT2D eigenvalue weighted by atomic mass is 9.74. The van der Waals surface area contributed by atoms with Crippen molar-refractivity contribution in [2.75, 3.05) is 31.6 Å². The second-order valence-corrected chi connectivity index (χ2v) is 10.1. The summed E-state index contributed by atoms with van der Waals surface area (Å²) >= 11 is 0. The van der Waals surface area contributed by atoms with Gasteiger partial charge in [-0.15, -0.1) is 0 Å².